The standard InChI is InChI=1S/C20H28N4O2/c1-13(2)18-10-15(26-24-18)11-22-20(21-3)23-12-17-16-7-5-4-6-14(16)8-9-19(17)25/h8-10,13,25H,4-7,11-12H2,1-3H3,(H2,21,22,23). The first-order valence-corrected chi connectivity index (χ1v) is 9.31. The minimum atomic E-state index is 0.345. The van der Waals surface area contributed by atoms with E-state index in [9.17, 15) is 5.11 Å². The molecule has 0 fully saturated rings. The number of aromatic nitrogens is 1. The van der Waals surface area contributed by atoms with Gasteiger partial charge >= 0.3 is 0 Å². The Morgan fingerprint density at radius 2 is 2.00 bits per heavy atom. The fourth-order valence-electron chi connectivity index (χ4n) is 3.34. The first kappa shape index (κ1) is 18.3. The second-order valence-corrected chi connectivity index (χ2v) is 7.06. The van der Waals surface area contributed by atoms with E-state index in [4.69, 9.17) is 4.52 Å². The predicted octanol–water partition coefficient (Wildman–Crippen LogP) is 3.25. The molecule has 26 heavy (non-hydrogen) atoms. The number of aryl methyl sites for hydroxylation is 1. The van der Waals surface area contributed by atoms with Crippen LogP contribution in [0.5, 0.6) is 5.75 Å². The molecule has 2 aromatic rings. The molecule has 1 aliphatic carbocycles. The number of rotatable bonds is 5. The largest absolute Gasteiger partial charge is 0.508 e. The number of fused-ring (bicyclic) bond motifs is 1. The highest BCUT2D eigenvalue weighted by Crippen LogP contribution is 2.30. The van der Waals surface area contributed by atoms with Gasteiger partial charge in [-0.25, -0.2) is 0 Å². The number of aromatic hydroxyl groups is 1. The molecule has 0 spiro atoms. The molecule has 0 bridgehead atoms. The maximum absolute atomic E-state index is 10.3. The molecule has 3 N–H and O–H groups in total. The van der Waals surface area contributed by atoms with Crippen LogP contribution in [0.2, 0.25) is 0 Å². The van der Waals surface area contributed by atoms with Crippen LogP contribution >= 0.6 is 0 Å². The first-order valence-electron chi connectivity index (χ1n) is 9.31. The van der Waals surface area contributed by atoms with Gasteiger partial charge in [0.15, 0.2) is 11.7 Å². The van der Waals surface area contributed by atoms with Crippen LogP contribution in [0.25, 0.3) is 0 Å². The lowest BCUT2D eigenvalue weighted by Gasteiger charge is -2.21. The van der Waals surface area contributed by atoms with E-state index < -0.39 is 0 Å². The second kappa shape index (κ2) is 8.25. The minimum absolute atomic E-state index is 0.345. The van der Waals surface area contributed by atoms with E-state index in [1.165, 1.54) is 24.0 Å². The van der Waals surface area contributed by atoms with Crippen LogP contribution in [0, 0.1) is 0 Å². The van der Waals surface area contributed by atoms with Crippen molar-refractivity contribution >= 4 is 5.96 Å². The quantitative estimate of drug-likeness (QED) is 0.566. The highest BCUT2D eigenvalue weighted by molar-refractivity contribution is 5.79. The highest BCUT2D eigenvalue weighted by atomic mass is 16.5. The van der Waals surface area contributed by atoms with Crippen LogP contribution in [-0.4, -0.2) is 23.3 Å². The zero-order valence-corrected chi connectivity index (χ0v) is 15.8. The van der Waals surface area contributed by atoms with E-state index in [0.29, 0.717) is 30.7 Å². The molecule has 1 aliphatic rings. The van der Waals surface area contributed by atoms with Gasteiger partial charge in [-0.1, -0.05) is 25.1 Å². The molecule has 0 unspecified atom stereocenters. The third-order valence-corrected chi connectivity index (χ3v) is 4.88. The molecule has 1 heterocycles. The normalized spacial score (nSPS) is 14.4. The topological polar surface area (TPSA) is 82.7 Å². The van der Waals surface area contributed by atoms with E-state index in [-0.39, 0.29) is 0 Å². The third kappa shape index (κ3) is 4.18. The van der Waals surface area contributed by atoms with Gasteiger partial charge in [0.25, 0.3) is 0 Å². The number of aliphatic imine (C=N–C) groups is 1. The summed E-state index contributed by atoms with van der Waals surface area (Å²) >= 11 is 0. The summed E-state index contributed by atoms with van der Waals surface area (Å²) in [4.78, 5) is 4.25. The predicted molar refractivity (Wildman–Crippen MR) is 102 cm³/mol. The summed E-state index contributed by atoms with van der Waals surface area (Å²) in [7, 11) is 1.73. The number of benzene rings is 1. The summed E-state index contributed by atoms with van der Waals surface area (Å²) in [6.45, 7) is 5.23. The van der Waals surface area contributed by atoms with Crippen molar-refractivity contribution in [1.82, 2.24) is 15.8 Å². The van der Waals surface area contributed by atoms with Crippen molar-refractivity contribution in [2.45, 2.75) is 58.5 Å². The highest BCUT2D eigenvalue weighted by Gasteiger charge is 2.16. The van der Waals surface area contributed by atoms with Crippen LogP contribution in [-0.2, 0) is 25.9 Å². The van der Waals surface area contributed by atoms with Gasteiger partial charge in [0.1, 0.15) is 5.75 Å². The number of nitrogens with one attached hydrogen (secondary N) is 2. The zero-order chi connectivity index (χ0) is 18.5. The molecule has 0 aliphatic heterocycles. The summed E-state index contributed by atoms with van der Waals surface area (Å²) < 4.78 is 5.34. The molecule has 0 amide bonds. The molecular weight excluding hydrogens is 328 g/mol. The molecule has 140 valence electrons. The fraction of sp³-hybridized carbons (Fsp3) is 0.500. The molecular formula is C20H28N4O2. The minimum Gasteiger partial charge on any atom is -0.508 e. The second-order valence-electron chi connectivity index (χ2n) is 7.06. The Balaban J connectivity index is 1.61. The Bertz CT molecular complexity index is 780. The van der Waals surface area contributed by atoms with Crippen LogP contribution in [0.1, 0.15) is 60.8 Å². The van der Waals surface area contributed by atoms with E-state index in [0.717, 1.165) is 29.9 Å². The molecule has 0 atom stereocenters. The summed E-state index contributed by atoms with van der Waals surface area (Å²) in [5.74, 6) is 2.14. The van der Waals surface area contributed by atoms with Crippen LogP contribution < -0.4 is 10.6 Å². The van der Waals surface area contributed by atoms with Crippen molar-refractivity contribution in [3.8, 4) is 5.75 Å². The molecule has 6 nitrogen and oxygen atoms in total. The third-order valence-electron chi connectivity index (χ3n) is 4.88. The van der Waals surface area contributed by atoms with E-state index in [2.05, 4.69) is 40.7 Å². The number of nitrogens with zero attached hydrogens (tertiary/aromatic N) is 2. The van der Waals surface area contributed by atoms with Gasteiger partial charge in [-0.3, -0.25) is 4.99 Å². The first-order chi connectivity index (χ1) is 12.6. The Kier molecular flexibility index (Phi) is 5.81. The van der Waals surface area contributed by atoms with Gasteiger partial charge in [-0.05, 0) is 48.8 Å². The number of hydrogen-bond donors (Lipinski definition) is 3. The Labute approximate surface area is 154 Å². The summed E-state index contributed by atoms with van der Waals surface area (Å²) in [5, 5.41) is 20.9. The molecule has 0 saturated heterocycles. The van der Waals surface area contributed by atoms with Crippen LogP contribution in [0.4, 0.5) is 0 Å². The maximum atomic E-state index is 10.3. The Morgan fingerprint density at radius 3 is 2.73 bits per heavy atom. The van der Waals surface area contributed by atoms with Gasteiger partial charge in [0.2, 0.25) is 0 Å². The van der Waals surface area contributed by atoms with Gasteiger partial charge in [-0.15, -0.1) is 0 Å². The smallest absolute Gasteiger partial charge is 0.191 e. The fourth-order valence-corrected chi connectivity index (χ4v) is 3.34. The van der Waals surface area contributed by atoms with Gasteiger partial charge in [0, 0.05) is 25.2 Å². The lowest BCUT2D eigenvalue weighted by Crippen LogP contribution is -2.36. The SMILES string of the molecule is CN=C(NCc1cc(C(C)C)no1)NCc1c(O)ccc2c1CCCC2. The maximum Gasteiger partial charge on any atom is 0.191 e. The van der Waals surface area contributed by atoms with E-state index in [1.54, 1.807) is 13.1 Å². The van der Waals surface area contributed by atoms with Gasteiger partial charge in [-0.2, -0.15) is 0 Å². The van der Waals surface area contributed by atoms with Crippen molar-refractivity contribution in [2.24, 2.45) is 4.99 Å². The lowest BCUT2D eigenvalue weighted by molar-refractivity contribution is 0.372. The van der Waals surface area contributed by atoms with Crippen molar-refractivity contribution < 1.29 is 9.63 Å². The molecule has 1 aromatic carbocycles. The molecule has 0 saturated carbocycles. The van der Waals surface area contributed by atoms with E-state index in [1.807, 2.05) is 6.07 Å². The summed E-state index contributed by atoms with van der Waals surface area (Å²) in [6, 6.07) is 5.82. The molecule has 3 rings (SSSR count). The van der Waals surface area contributed by atoms with Crippen molar-refractivity contribution in [1.29, 1.82) is 0 Å². The number of guanidine groups is 1. The summed E-state index contributed by atoms with van der Waals surface area (Å²) in [6.07, 6.45) is 4.53. The molecule has 0 radical (unpaired) electrons. The van der Waals surface area contributed by atoms with Gasteiger partial charge in [0.05, 0.1) is 12.2 Å². The Hall–Kier alpha value is -2.50. The van der Waals surface area contributed by atoms with Crippen LogP contribution in [0.3, 0.4) is 0 Å². The Morgan fingerprint density at radius 1 is 1.23 bits per heavy atom. The van der Waals surface area contributed by atoms with E-state index >= 15 is 0 Å². The number of hydrogen-bond acceptors (Lipinski definition) is 4. The number of phenolic OH excluding ortho intramolecular Hbond substituents is 1. The molecule has 6 heteroatoms. The monoisotopic (exact) mass is 356 g/mol. The lowest BCUT2D eigenvalue weighted by atomic mass is 9.88. The van der Waals surface area contributed by atoms with Crippen molar-refractivity contribution in [3.05, 3.63) is 46.3 Å². The van der Waals surface area contributed by atoms with Crippen molar-refractivity contribution in [2.75, 3.05) is 7.05 Å². The van der Waals surface area contributed by atoms with Crippen LogP contribution in [0.15, 0.2) is 27.7 Å². The average Bonchev–Trinajstić information content (AvgIpc) is 3.12. The number of phenols is 1. The summed E-state index contributed by atoms with van der Waals surface area (Å²) in [5.41, 5.74) is 4.57. The molecule has 1 aromatic heterocycles. The van der Waals surface area contributed by atoms with Gasteiger partial charge < -0.3 is 20.3 Å². The van der Waals surface area contributed by atoms with Crippen molar-refractivity contribution in [3.63, 3.8) is 0 Å². The zero-order valence-electron chi connectivity index (χ0n) is 15.8. The average molecular weight is 356 g/mol.